The third kappa shape index (κ3) is 4.34. The third-order valence-electron chi connectivity index (χ3n) is 2.87. The molecule has 0 saturated carbocycles. The van der Waals surface area contributed by atoms with Crippen LogP contribution < -0.4 is 5.32 Å². The number of rotatable bonds is 6. The molecule has 1 aromatic rings. The standard InChI is InChI=1S/C13H16Cl3NO/c1-2-13(8-14,9-15)17-12(18)7-10-3-5-11(16)6-4-10/h3-6H,2,7-9H2,1H3,(H,17,18). The summed E-state index contributed by atoms with van der Waals surface area (Å²) in [5.74, 6) is 0.527. The molecule has 0 radical (unpaired) electrons. The van der Waals surface area contributed by atoms with E-state index in [1.165, 1.54) is 0 Å². The van der Waals surface area contributed by atoms with Crippen molar-refractivity contribution in [2.75, 3.05) is 11.8 Å². The van der Waals surface area contributed by atoms with Crippen LogP contribution in [0.1, 0.15) is 18.9 Å². The molecule has 1 aromatic carbocycles. The Bertz CT molecular complexity index is 379. The maximum Gasteiger partial charge on any atom is 0.224 e. The lowest BCUT2D eigenvalue weighted by atomic mass is 10.0. The number of amides is 1. The average molecular weight is 309 g/mol. The lowest BCUT2D eigenvalue weighted by Gasteiger charge is -2.29. The van der Waals surface area contributed by atoms with Crippen molar-refractivity contribution in [1.82, 2.24) is 5.32 Å². The van der Waals surface area contributed by atoms with E-state index in [9.17, 15) is 4.79 Å². The molecule has 0 aliphatic rings. The topological polar surface area (TPSA) is 29.1 Å². The number of hydrogen-bond donors (Lipinski definition) is 1. The van der Waals surface area contributed by atoms with E-state index in [-0.39, 0.29) is 5.91 Å². The van der Waals surface area contributed by atoms with E-state index in [4.69, 9.17) is 34.8 Å². The molecule has 0 atom stereocenters. The van der Waals surface area contributed by atoms with Gasteiger partial charge < -0.3 is 5.32 Å². The highest BCUT2D eigenvalue weighted by Gasteiger charge is 2.27. The first kappa shape index (κ1) is 15.6. The largest absolute Gasteiger partial charge is 0.348 e. The van der Waals surface area contributed by atoms with E-state index >= 15 is 0 Å². The van der Waals surface area contributed by atoms with Crippen LogP contribution in [0.3, 0.4) is 0 Å². The first-order chi connectivity index (χ1) is 8.55. The summed E-state index contributed by atoms with van der Waals surface area (Å²) in [4.78, 5) is 11.9. The van der Waals surface area contributed by atoms with Gasteiger partial charge in [-0.2, -0.15) is 0 Å². The molecule has 0 fully saturated rings. The zero-order chi connectivity index (χ0) is 13.6. The van der Waals surface area contributed by atoms with E-state index in [1.54, 1.807) is 12.1 Å². The van der Waals surface area contributed by atoms with Crippen LogP contribution in [0.25, 0.3) is 0 Å². The summed E-state index contributed by atoms with van der Waals surface area (Å²) < 4.78 is 0. The Morgan fingerprint density at radius 2 is 1.78 bits per heavy atom. The second kappa shape index (κ2) is 7.22. The van der Waals surface area contributed by atoms with Gasteiger partial charge >= 0.3 is 0 Å². The molecule has 0 heterocycles. The average Bonchev–Trinajstić information content (AvgIpc) is 2.39. The Morgan fingerprint density at radius 1 is 1.22 bits per heavy atom. The number of nitrogens with one attached hydrogen (secondary N) is 1. The van der Waals surface area contributed by atoms with Crippen molar-refractivity contribution in [2.24, 2.45) is 0 Å². The van der Waals surface area contributed by atoms with Crippen LogP contribution in [0.5, 0.6) is 0 Å². The fourth-order valence-corrected chi connectivity index (χ4v) is 2.43. The molecule has 1 rings (SSSR count). The summed E-state index contributed by atoms with van der Waals surface area (Å²) in [6.45, 7) is 1.95. The zero-order valence-electron chi connectivity index (χ0n) is 10.2. The quantitative estimate of drug-likeness (QED) is 0.799. The first-order valence-corrected chi connectivity index (χ1v) is 7.17. The van der Waals surface area contributed by atoms with Gasteiger partial charge in [-0.05, 0) is 24.1 Å². The van der Waals surface area contributed by atoms with Crippen molar-refractivity contribution < 1.29 is 4.79 Å². The van der Waals surface area contributed by atoms with Crippen molar-refractivity contribution in [2.45, 2.75) is 25.3 Å². The van der Waals surface area contributed by atoms with Gasteiger partial charge in [-0.15, -0.1) is 23.2 Å². The maximum absolute atomic E-state index is 11.9. The minimum Gasteiger partial charge on any atom is -0.348 e. The molecular weight excluding hydrogens is 293 g/mol. The van der Waals surface area contributed by atoms with Crippen molar-refractivity contribution in [3.8, 4) is 0 Å². The monoisotopic (exact) mass is 307 g/mol. The van der Waals surface area contributed by atoms with Gasteiger partial charge in [0.15, 0.2) is 0 Å². The minimum atomic E-state index is -0.521. The van der Waals surface area contributed by atoms with Crippen LogP contribution in [-0.4, -0.2) is 23.2 Å². The normalized spacial score (nSPS) is 11.3. The van der Waals surface area contributed by atoms with Crippen molar-refractivity contribution in [1.29, 1.82) is 0 Å². The summed E-state index contributed by atoms with van der Waals surface area (Å²) >= 11 is 17.5. The molecule has 18 heavy (non-hydrogen) atoms. The molecule has 2 nitrogen and oxygen atoms in total. The van der Waals surface area contributed by atoms with Gasteiger partial charge in [0.05, 0.1) is 12.0 Å². The fourth-order valence-electron chi connectivity index (χ4n) is 1.51. The Labute approximate surface area is 123 Å². The lowest BCUT2D eigenvalue weighted by molar-refractivity contribution is -0.122. The Balaban J connectivity index is 2.63. The predicted molar refractivity (Wildman–Crippen MR) is 77.8 cm³/mol. The number of hydrogen-bond acceptors (Lipinski definition) is 1. The van der Waals surface area contributed by atoms with Gasteiger partial charge in [0.1, 0.15) is 0 Å². The second-order valence-electron chi connectivity index (χ2n) is 4.25. The number of benzene rings is 1. The van der Waals surface area contributed by atoms with Crippen molar-refractivity contribution in [3.63, 3.8) is 0 Å². The van der Waals surface area contributed by atoms with E-state index in [1.807, 2.05) is 19.1 Å². The molecule has 0 saturated heterocycles. The van der Waals surface area contributed by atoms with Crippen molar-refractivity contribution in [3.05, 3.63) is 34.9 Å². The van der Waals surface area contributed by atoms with Crippen LogP contribution in [0.4, 0.5) is 0 Å². The predicted octanol–water partition coefficient (Wildman–Crippen LogP) is 3.63. The molecule has 100 valence electrons. The molecule has 0 spiro atoms. The molecule has 0 aliphatic heterocycles. The summed E-state index contributed by atoms with van der Waals surface area (Å²) in [6.07, 6.45) is 0.999. The van der Waals surface area contributed by atoms with E-state index in [0.29, 0.717) is 29.6 Å². The molecule has 0 unspecified atom stereocenters. The molecule has 1 amide bonds. The van der Waals surface area contributed by atoms with Gasteiger partial charge in [0, 0.05) is 16.8 Å². The summed E-state index contributed by atoms with van der Waals surface area (Å²) in [6, 6.07) is 7.19. The zero-order valence-corrected chi connectivity index (χ0v) is 12.4. The number of carbonyl (C=O) groups excluding carboxylic acids is 1. The molecular formula is C13H16Cl3NO. The van der Waals surface area contributed by atoms with Crippen LogP contribution in [0, 0.1) is 0 Å². The van der Waals surface area contributed by atoms with Gasteiger partial charge in [-0.25, -0.2) is 0 Å². The number of alkyl halides is 2. The van der Waals surface area contributed by atoms with E-state index < -0.39 is 5.54 Å². The highest BCUT2D eigenvalue weighted by Crippen LogP contribution is 2.16. The Kier molecular flexibility index (Phi) is 6.27. The minimum absolute atomic E-state index is 0.0829. The second-order valence-corrected chi connectivity index (χ2v) is 5.22. The van der Waals surface area contributed by atoms with E-state index in [0.717, 1.165) is 5.56 Å². The summed E-state index contributed by atoms with van der Waals surface area (Å²) in [5, 5.41) is 3.56. The van der Waals surface area contributed by atoms with Crippen molar-refractivity contribution >= 4 is 40.7 Å². The van der Waals surface area contributed by atoms with Gasteiger partial charge in [0.2, 0.25) is 5.91 Å². The highest BCUT2D eigenvalue weighted by atomic mass is 35.5. The molecule has 0 bridgehead atoms. The Hall–Kier alpha value is -0.440. The molecule has 0 aromatic heterocycles. The Morgan fingerprint density at radius 3 is 2.22 bits per heavy atom. The van der Waals surface area contributed by atoms with Crippen LogP contribution in [0.2, 0.25) is 5.02 Å². The van der Waals surface area contributed by atoms with Crippen LogP contribution in [0.15, 0.2) is 24.3 Å². The fraction of sp³-hybridized carbons (Fsp3) is 0.462. The van der Waals surface area contributed by atoms with E-state index in [2.05, 4.69) is 5.32 Å². The summed E-state index contributed by atoms with van der Waals surface area (Å²) in [7, 11) is 0. The number of halogens is 3. The van der Waals surface area contributed by atoms with Gasteiger partial charge in [0.25, 0.3) is 0 Å². The smallest absolute Gasteiger partial charge is 0.224 e. The summed E-state index contributed by atoms with van der Waals surface area (Å²) in [5.41, 5.74) is 0.387. The first-order valence-electron chi connectivity index (χ1n) is 5.72. The molecule has 1 N–H and O–H groups in total. The molecule has 5 heteroatoms. The van der Waals surface area contributed by atoms with Gasteiger partial charge in [-0.1, -0.05) is 30.7 Å². The van der Waals surface area contributed by atoms with Gasteiger partial charge in [-0.3, -0.25) is 4.79 Å². The SMILES string of the molecule is CCC(CCl)(CCl)NC(=O)Cc1ccc(Cl)cc1. The number of carbonyl (C=O) groups is 1. The maximum atomic E-state index is 11.9. The third-order valence-corrected chi connectivity index (χ3v) is 4.15. The lowest BCUT2D eigenvalue weighted by Crippen LogP contribution is -2.51. The van der Waals surface area contributed by atoms with Crippen LogP contribution >= 0.6 is 34.8 Å². The van der Waals surface area contributed by atoms with Crippen LogP contribution in [-0.2, 0) is 11.2 Å². The molecule has 0 aliphatic carbocycles. The highest BCUT2D eigenvalue weighted by molar-refractivity contribution is 6.30.